The number of nitrogens with one attached hydrogen (secondary N) is 1. The van der Waals surface area contributed by atoms with E-state index in [9.17, 15) is 0 Å². The highest BCUT2D eigenvalue weighted by Crippen LogP contribution is 2.29. The van der Waals surface area contributed by atoms with Crippen LogP contribution in [0.1, 0.15) is 18.1 Å². The third kappa shape index (κ3) is 1.01. The van der Waals surface area contributed by atoms with Crippen molar-refractivity contribution in [2.24, 2.45) is 0 Å². The van der Waals surface area contributed by atoms with Crippen molar-refractivity contribution in [3.8, 4) is 0 Å². The molecule has 0 unspecified atom stereocenters. The largest absolute Gasteiger partial charge is 0.385 e. The first-order valence-corrected chi connectivity index (χ1v) is 4.26. The monoisotopic (exact) mass is 147 g/mol. The molecule has 1 N–H and O–H groups in total. The zero-order valence-electron chi connectivity index (χ0n) is 6.85. The number of hydrogen-bond donors (Lipinski definition) is 1. The third-order valence-corrected chi connectivity index (χ3v) is 2.28. The minimum absolute atomic E-state index is 1.02. The molecule has 0 heterocycles. The Hall–Kier alpha value is -0.980. The molecule has 0 radical (unpaired) electrons. The van der Waals surface area contributed by atoms with Crippen LogP contribution in [0.5, 0.6) is 0 Å². The summed E-state index contributed by atoms with van der Waals surface area (Å²) in [4.78, 5) is 0. The predicted molar refractivity (Wildman–Crippen MR) is 48.0 cm³/mol. The number of rotatable bonds is 2. The first kappa shape index (κ1) is 6.71. The maximum atomic E-state index is 3.37. The zero-order valence-corrected chi connectivity index (χ0v) is 6.85. The van der Waals surface area contributed by atoms with Gasteiger partial charge in [0.15, 0.2) is 0 Å². The fourth-order valence-corrected chi connectivity index (χ4v) is 1.60. The molecule has 1 aromatic carbocycles. The van der Waals surface area contributed by atoms with Crippen molar-refractivity contribution in [3.05, 3.63) is 29.3 Å². The molecule has 1 heteroatoms. The topological polar surface area (TPSA) is 12.0 Å². The predicted octanol–water partition coefficient (Wildman–Crippen LogP) is 2.22. The molecular formula is C10H13N. The lowest BCUT2D eigenvalue weighted by atomic mass is 9.87. The molecule has 0 atom stereocenters. The molecule has 0 amide bonds. The molecule has 1 nitrogen and oxygen atoms in total. The summed E-state index contributed by atoms with van der Waals surface area (Å²) in [6.07, 6.45) is 2.53. The highest BCUT2D eigenvalue weighted by molar-refractivity contribution is 5.58. The Morgan fingerprint density at radius 2 is 2.27 bits per heavy atom. The molecular weight excluding hydrogens is 134 g/mol. The average Bonchev–Trinajstić information content (AvgIpc) is 1.94. The van der Waals surface area contributed by atoms with Crippen LogP contribution < -0.4 is 5.32 Å². The molecule has 0 spiro atoms. The second kappa shape index (κ2) is 2.57. The maximum Gasteiger partial charge on any atom is 0.0375 e. The fraction of sp³-hybridized carbons (Fsp3) is 0.400. The van der Waals surface area contributed by atoms with Crippen molar-refractivity contribution in [2.75, 3.05) is 11.9 Å². The molecule has 1 aliphatic rings. The molecule has 0 saturated heterocycles. The van der Waals surface area contributed by atoms with Gasteiger partial charge in [-0.15, -0.1) is 0 Å². The van der Waals surface area contributed by atoms with E-state index in [-0.39, 0.29) is 0 Å². The van der Waals surface area contributed by atoms with E-state index in [0.717, 1.165) is 6.54 Å². The summed E-state index contributed by atoms with van der Waals surface area (Å²) >= 11 is 0. The van der Waals surface area contributed by atoms with Crippen LogP contribution >= 0.6 is 0 Å². The number of benzene rings is 1. The van der Waals surface area contributed by atoms with Crippen LogP contribution in [0, 0.1) is 0 Å². The number of hydrogen-bond acceptors (Lipinski definition) is 1. The highest BCUT2D eigenvalue weighted by Gasteiger charge is 2.15. The summed E-state index contributed by atoms with van der Waals surface area (Å²) in [5.74, 6) is 0. The van der Waals surface area contributed by atoms with E-state index >= 15 is 0 Å². The molecule has 0 saturated carbocycles. The summed E-state index contributed by atoms with van der Waals surface area (Å²) in [7, 11) is 0. The van der Waals surface area contributed by atoms with Crippen LogP contribution in [-0.4, -0.2) is 6.54 Å². The number of fused-ring (bicyclic) bond motifs is 1. The second-order valence-electron chi connectivity index (χ2n) is 2.97. The van der Waals surface area contributed by atoms with Crippen molar-refractivity contribution in [1.82, 2.24) is 0 Å². The summed E-state index contributed by atoms with van der Waals surface area (Å²) in [6.45, 7) is 3.16. The normalized spacial score (nSPS) is 13.5. The molecule has 0 aromatic heterocycles. The van der Waals surface area contributed by atoms with Crippen LogP contribution in [0.3, 0.4) is 0 Å². The Morgan fingerprint density at radius 1 is 1.36 bits per heavy atom. The highest BCUT2D eigenvalue weighted by atomic mass is 14.9. The SMILES string of the molecule is CCNc1cccc2c1CC2. The van der Waals surface area contributed by atoms with Gasteiger partial charge in [-0.1, -0.05) is 12.1 Å². The van der Waals surface area contributed by atoms with E-state index in [1.165, 1.54) is 29.7 Å². The molecule has 0 aliphatic heterocycles. The van der Waals surface area contributed by atoms with Gasteiger partial charge in [0.05, 0.1) is 0 Å². The second-order valence-corrected chi connectivity index (χ2v) is 2.97. The minimum atomic E-state index is 1.02. The standard InChI is InChI=1S/C10H13N/c1-2-11-10-5-3-4-8-6-7-9(8)10/h3-5,11H,2,6-7H2,1H3. The molecule has 0 bridgehead atoms. The zero-order chi connectivity index (χ0) is 7.68. The van der Waals surface area contributed by atoms with E-state index in [1.54, 1.807) is 0 Å². The maximum absolute atomic E-state index is 3.37. The summed E-state index contributed by atoms with van der Waals surface area (Å²) < 4.78 is 0. The van der Waals surface area contributed by atoms with E-state index in [4.69, 9.17) is 0 Å². The Bertz CT molecular complexity index is 266. The van der Waals surface area contributed by atoms with Gasteiger partial charge < -0.3 is 5.32 Å². The Balaban J connectivity index is 2.33. The van der Waals surface area contributed by atoms with Crippen LogP contribution in [-0.2, 0) is 12.8 Å². The summed E-state index contributed by atoms with van der Waals surface area (Å²) in [5.41, 5.74) is 4.41. The first-order chi connectivity index (χ1) is 5.42. The van der Waals surface area contributed by atoms with E-state index in [1.807, 2.05) is 0 Å². The van der Waals surface area contributed by atoms with Gasteiger partial charge in [0.1, 0.15) is 0 Å². The lowest BCUT2D eigenvalue weighted by Gasteiger charge is -2.22. The van der Waals surface area contributed by atoms with Gasteiger partial charge in [0.25, 0.3) is 0 Å². The molecule has 58 valence electrons. The molecule has 0 fully saturated rings. The average molecular weight is 147 g/mol. The minimum Gasteiger partial charge on any atom is -0.385 e. The molecule has 2 rings (SSSR count). The molecule has 1 aliphatic carbocycles. The number of anilines is 1. The number of aryl methyl sites for hydroxylation is 1. The van der Waals surface area contributed by atoms with Crippen molar-refractivity contribution in [1.29, 1.82) is 0 Å². The third-order valence-electron chi connectivity index (χ3n) is 2.28. The van der Waals surface area contributed by atoms with E-state index in [0.29, 0.717) is 0 Å². The van der Waals surface area contributed by atoms with Gasteiger partial charge in [0, 0.05) is 12.2 Å². The van der Waals surface area contributed by atoms with Crippen molar-refractivity contribution >= 4 is 5.69 Å². The first-order valence-electron chi connectivity index (χ1n) is 4.26. The van der Waals surface area contributed by atoms with Crippen LogP contribution in [0.15, 0.2) is 18.2 Å². The summed E-state index contributed by atoms with van der Waals surface area (Å²) in [5, 5.41) is 3.37. The van der Waals surface area contributed by atoms with Gasteiger partial charge in [0.2, 0.25) is 0 Å². The Kier molecular flexibility index (Phi) is 1.57. The van der Waals surface area contributed by atoms with Gasteiger partial charge in [-0.2, -0.15) is 0 Å². The van der Waals surface area contributed by atoms with Gasteiger partial charge in [-0.25, -0.2) is 0 Å². The van der Waals surface area contributed by atoms with Crippen LogP contribution in [0.25, 0.3) is 0 Å². The fourth-order valence-electron chi connectivity index (χ4n) is 1.60. The lowest BCUT2D eigenvalue weighted by Crippen LogP contribution is -2.12. The smallest absolute Gasteiger partial charge is 0.0375 e. The molecule has 11 heavy (non-hydrogen) atoms. The molecule has 1 aromatic rings. The van der Waals surface area contributed by atoms with E-state index < -0.39 is 0 Å². The van der Waals surface area contributed by atoms with Gasteiger partial charge in [-0.3, -0.25) is 0 Å². The Morgan fingerprint density at radius 3 is 2.91 bits per heavy atom. The Labute approximate surface area is 67.4 Å². The van der Waals surface area contributed by atoms with Crippen molar-refractivity contribution in [2.45, 2.75) is 19.8 Å². The van der Waals surface area contributed by atoms with Crippen molar-refractivity contribution < 1.29 is 0 Å². The van der Waals surface area contributed by atoms with Crippen molar-refractivity contribution in [3.63, 3.8) is 0 Å². The summed E-state index contributed by atoms with van der Waals surface area (Å²) in [6, 6.07) is 6.52. The van der Waals surface area contributed by atoms with Crippen LogP contribution in [0.2, 0.25) is 0 Å². The van der Waals surface area contributed by atoms with Gasteiger partial charge in [-0.05, 0) is 37.0 Å². The quantitative estimate of drug-likeness (QED) is 0.676. The van der Waals surface area contributed by atoms with Gasteiger partial charge >= 0.3 is 0 Å². The van der Waals surface area contributed by atoms with E-state index in [2.05, 4.69) is 30.4 Å². The lowest BCUT2D eigenvalue weighted by molar-refractivity contribution is 0.840. The van der Waals surface area contributed by atoms with Crippen LogP contribution in [0.4, 0.5) is 5.69 Å².